The monoisotopic (exact) mass is 265 g/mol. The number of hydrogen-bond acceptors (Lipinski definition) is 4. The molecule has 1 aromatic rings. The second kappa shape index (κ2) is 6.06. The Hall–Kier alpha value is -1.56. The molecule has 4 N–H and O–H groups in total. The van der Waals surface area contributed by atoms with Crippen LogP contribution in [0.5, 0.6) is 0 Å². The van der Waals surface area contributed by atoms with Gasteiger partial charge in [0.1, 0.15) is 0 Å². The minimum atomic E-state index is -0.184. The Morgan fingerprint density at radius 3 is 3.05 bits per heavy atom. The molecule has 1 atom stereocenters. The molecular weight excluding hydrogens is 242 g/mol. The van der Waals surface area contributed by atoms with Crippen LogP contribution in [-0.2, 0) is 6.42 Å². The molecule has 1 saturated heterocycles. The Balaban J connectivity index is 1.92. The summed E-state index contributed by atoms with van der Waals surface area (Å²) < 4.78 is 0. The number of nitrogens with zero attached hydrogens (tertiary/aromatic N) is 2. The van der Waals surface area contributed by atoms with Crippen molar-refractivity contribution in [1.29, 1.82) is 0 Å². The fraction of sp³-hybridized carbons (Fsp3) is 0.692. The number of nitrogens with two attached hydrogens (primary N) is 1. The third-order valence-electron chi connectivity index (χ3n) is 3.77. The summed E-state index contributed by atoms with van der Waals surface area (Å²) in [4.78, 5) is 14.3. The summed E-state index contributed by atoms with van der Waals surface area (Å²) in [6.07, 6.45) is 4.12. The third kappa shape index (κ3) is 3.07. The van der Waals surface area contributed by atoms with Gasteiger partial charge in [-0.15, -0.1) is 0 Å². The van der Waals surface area contributed by atoms with Crippen LogP contribution in [0, 0.1) is 0 Å². The van der Waals surface area contributed by atoms with Gasteiger partial charge in [-0.1, -0.05) is 13.3 Å². The van der Waals surface area contributed by atoms with Gasteiger partial charge in [0, 0.05) is 12.6 Å². The van der Waals surface area contributed by atoms with E-state index in [9.17, 15) is 4.79 Å². The van der Waals surface area contributed by atoms with Gasteiger partial charge in [-0.3, -0.25) is 9.89 Å². The first-order chi connectivity index (χ1) is 9.13. The van der Waals surface area contributed by atoms with E-state index in [-0.39, 0.29) is 5.91 Å². The molecule has 0 saturated carbocycles. The van der Waals surface area contributed by atoms with Crippen molar-refractivity contribution in [3.63, 3.8) is 0 Å². The highest BCUT2D eigenvalue weighted by Gasteiger charge is 2.23. The van der Waals surface area contributed by atoms with E-state index in [0.29, 0.717) is 24.0 Å². The van der Waals surface area contributed by atoms with Gasteiger partial charge in [-0.05, 0) is 32.9 Å². The Morgan fingerprint density at radius 1 is 1.63 bits per heavy atom. The van der Waals surface area contributed by atoms with Gasteiger partial charge in [0.2, 0.25) is 0 Å². The Labute approximate surface area is 113 Å². The van der Waals surface area contributed by atoms with Crippen molar-refractivity contribution in [1.82, 2.24) is 20.4 Å². The van der Waals surface area contributed by atoms with Crippen molar-refractivity contribution in [2.75, 3.05) is 25.9 Å². The molecule has 1 aromatic heterocycles. The highest BCUT2D eigenvalue weighted by Crippen LogP contribution is 2.16. The topological polar surface area (TPSA) is 87.0 Å². The number of H-pyrrole nitrogens is 1. The zero-order chi connectivity index (χ0) is 13.8. The van der Waals surface area contributed by atoms with Crippen LogP contribution in [0.25, 0.3) is 0 Å². The van der Waals surface area contributed by atoms with Crippen LogP contribution in [0.15, 0.2) is 0 Å². The van der Waals surface area contributed by atoms with E-state index in [4.69, 9.17) is 5.73 Å². The van der Waals surface area contributed by atoms with E-state index in [0.717, 1.165) is 31.5 Å². The molecule has 106 valence electrons. The lowest BCUT2D eigenvalue weighted by Crippen LogP contribution is -2.38. The van der Waals surface area contributed by atoms with Gasteiger partial charge in [0.05, 0.1) is 11.4 Å². The number of aromatic amines is 1. The third-order valence-corrected chi connectivity index (χ3v) is 3.77. The van der Waals surface area contributed by atoms with Gasteiger partial charge in [-0.2, -0.15) is 5.10 Å². The zero-order valence-electron chi connectivity index (χ0n) is 11.7. The molecule has 1 aliphatic rings. The zero-order valence-corrected chi connectivity index (χ0v) is 11.7. The Morgan fingerprint density at radius 2 is 2.42 bits per heavy atom. The van der Waals surface area contributed by atoms with E-state index in [1.54, 1.807) is 0 Å². The van der Waals surface area contributed by atoms with E-state index in [1.165, 1.54) is 6.42 Å². The summed E-state index contributed by atoms with van der Waals surface area (Å²) in [5.74, 6) is -0.184. The van der Waals surface area contributed by atoms with Crippen LogP contribution in [-0.4, -0.2) is 47.2 Å². The van der Waals surface area contributed by atoms with Gasteiger partial charge < -0.3 is 16.0 Å². The molecule has 1 amide bonds. The molecule has 0 bridgehead atoms. The summed E-state index contributed by atoms with van der Waals surface area (Å²) in [6.45, 7) is 3.83. The number of carbonyl (C=O) groups excluding carboxylic acids is 1. The SMILES string of the molecule is CCCc1[nH]nc(C(=O)NCC2CCCN2C)c1N. The standard InChI is InChI=1S/C13H23N5O/c1-3-5-10-11(14)12(17-16-10)13(19)15-8-9-6-4-7-18(9)2/h9H,3-8,14H2,1-2H3,(H,15,19)(H,16,17). The minimum absolute atomic E-state index is 0.184. The average molecular weight is 265 g/mol. The lowest BCUT2D eigenvalue weighted by molar-refractivity contribution is 0.0939. The maximum atomic E-state index is 12.1. The molecule has 0 spiro atoms. The molecular formula is C13H23N5O. The molecule has 19 heavy (non-hydrogen) atoms. The fourth-order valence-electron chi connectivity index (χ4n) is 2.53. The van der Waals surface area contributed by atoms with Gasteiger partial charge in [-0.25, -0.2) is 0 Å². The highest BCUT2D eigenvalue weighted by atomic mass is 16.2. The summed E-state index contributed by atoms with van der Waals surface area (Å²) >= 11 is 0. The van der Waals surface area contributed by atoms with Crippen molar-refractivity contribution < 1.29 is 4.79 Å². The Kier molecular flexibility index (Phi) is 4.42. The average Bonchev–Trinajstić information content (AvgIpc) is 2.95. The van der Waals surface area contributed by atoms with Crippen molar-refractivity contribution in [3.8, 4) is 0 Å². The number of likely N-dealkylation sites (N-methyl/N-ethyl adjacent to an activating group) is 1. The number of carbonyl (C=O) groups is 1. The molecule has 0 aromatic carbocycles. The van der Waals surface area contributed by atoms with Crippen LogP contribution < -0.4 is 11.1 Å². The number of rotatable bonds is 5. The molecule has 2 rings (SSSR count). The van der Waals surface area contributed by atoms with E-state index in [2.05, 4.69) is 34.4 Å². The highest BCUT2D eigenvalue weighted by molar-refractivity contribution is 5.97. The van der Waals surface area contributed by atoms with Crippen LogP contribution >= 0.6 is 0 Å². The summed E-state index contributed by atoms with van der Waals surface area (Å²) in [7, 11) is 2.09. The molecule has 2 heterocycles. The van der Waals surface area contributed by atoms with E-state index < -0.39 is 0 Å². The fourth-order valence-corrected chi connectivity index (χ4v) is 2.53. The predicted octanol–water partition coefficient (Wildman–Crippen LogP) is 0.768. The van der Waals surface area contributed by atoms with Gasteiger partial charge in [0.25, 0.3) is 5.91 Å². The number of aryl methyl sites for hydroxylation is 1. The molecule has 1 aliphatic heterocycles. The van der Waals surface area contributed by atoms with Crippen LogP contribution in [0.2, 0.25) is 0 Å². The summed E-state index contributed by atoms with van der Waals surface area (Å²) in [6, 6.07) is 0.430. The second-order valence-corrected chi connectivity index (χ2v) is 5.20. The number of amides is 1. The molecule has 1 fully saturated rings. The van der Waals surface area contributed by atoms with Gasteiger partial charge >= 0.3 is 0 Å². The second-order valence-electron chi connectivity index (χ2n) is 5.20. The number of likely N-dealkylation sites (tertiary alicyclic amines) is 1. The molecule has 1 unspecified atom stereocenters. The molecule has 6 heteroatoms. The van der Waals surface area contributed by atoms with Crippen LogP contribution in [0.3, 0.4) is 0 Å². The lowest BCUT2D eigenvalue weighted by atomic mass is 10.2. The molecule has 0 radical (unpaired) electrons. The summed E-state index contributed by atoms with van der Waals surface area (Å²) in [5, 5.41) is 9.79. The number of aromatic nitrogens is 2. The quantitative estimate of drug-likeness (QED) is 0.734. The smallest absolute Gasteiger partial charge is 0.273 e. The molecule has 0 aliphatic carbocycles. The lowest BCUT2D eigenvalue weighted by Gasteiger charge is -2.19. The predicted molar refractivity (Wildman–Crippen MR) is 75.0 cm³/mol. The number of nitrogen functional groups attached to an aromatic ring is 1. The number of hydrogen-bond donors (Lipinski definition) is 3. The summed E-state index contributed by atoms with van der Waals surface area (Å²) in [5.41, 5.74) is 7.60. The number of nitrogens with one attached hydrogen (secondary N) is 2. The Bertz CT molecular complexity index is 442. The largest absolute Gasteiger partial charge is 0.395 e. The minimum Gasteiger partial charge on any atom is -0.395 e. The first-order valence-electron chi connectivity index (χ1n) is 6.94. The van der Waals surface area contributed by atoms with E-state index in [1.807, 2.05) is 0 Å². The van der Waals surface area contributed by atoms with Crippen molar-refractivity contribution in [3.05, 3.63) is 11.4 Å². The maximum Gasteiger partial charge on any atom is 0.273 e. The first-order valence-corrected chi connectivity index (χ1v) is 6.94. The van der Waals surface area contributed by atoms with Crippen molar-refractivity contribution in [2.24, 2.45) is 0 Å². The van der Waals surface area contributed by atoms with Crippen molar-refractivity contribution in [2.45, 2.75) is 38.6 Å². The first kappa shape index (κ1) is 13.9. The number of anilines is 1. The van der Waals surface area contributed by atoms with E-state index >= 15 is 0 Å². The normalized spacial score (nSPS) is 19.8. The van der Waals surface area contributed by atoms with Crippen LogP contribution in [0.4, 0.5) is 5.69 Å². The van der Waals surface area contributed by atoms with Crippen LogP contribution in [0.1, 0.15) is 42.4 Å². The maximum absolute atomic E-state index is 12.1. The molecule has 6 nitrogen and oxygen atoms in total. The van der Waals surface area contributed by atoms with Gasteiger partial charge in [0.15, 0.2) is 5.69 Å². The van der Waals surface area contributed by atoms with Crippen molar-refractivity contribution >= 4 is 11.6 Å².